The fourth-order valence-electron chi connectivity index (χ4n) is 2.36. The van der Waals surface area contributed by atoms with Crippen LogP contribution in [-0.4, -0.2) is 40.1 Å². The molecule has 0 aromatic heterocycles. The van der Waals surface area contributed by atoms with Crippen molar-refractivity contribution in [2.24, 2.45) is 5.41 Å². The van der Waals surface area contributed by atoms with Crippen LogP contribution in [0.4, 0.5) is 4.79 Å². The maximum absolute atomic E-state index is 12.0. The van der Waals surface area contributed by atoms with Crippen molar-refractivity contribution < 1.29 is 19.4 Å². The molecular formula is C16H21NO4S. The molecule has 22 heavy (non-hydrogen) atoms. The number of rotatable bonds is 4. The van der Waals surface area contributed by atoms with Crippen molar-refractivity contribution in [3.05, 3.63) is 35.9 Å². The van der Waals surface area contributed by atoms with Crippen LogP contribution in [-0.2, 0) is 15.3 Å². The number of carbonyl (C=O) groups excluding carboxylic acids is 1. The molecule has 1 N–H and O–H groups in total. The zero-order valence-electron chi connectivity index (χ0n) is 13.0. The fourth-order valence-corrected chi connectivity index (χ4v) is 3.43. The van der Waals surface area contributed by atoms with Crippen molar-refractivity contribution in [3.8, 4) is 0 Å². The molecule has 5 nitrogen and oxygen atoms in total. The molecule has 6 heteroatoms. The summed E-state index contributed by atoms with van der Waals surface area (Å²) in [5, 5.41) is 9.44. The number of cyclic esters (lactones) is 1. The predicted molar refractivity (Wildman–Crippen MR) is 85.6 cm³/mol. The summed E-state index contributed by atoms with van der Waals surface area (Å²) in [6.45, 7) is 5.58. The van der Waals surface area contributed by atoms with E-state index >= 15 is 0 Å². The molecule has 2 atom stereocenters. The minimum absolute atomic E-state index is 0.395. The number of nitrogens with zero attached hydrogens (tertiary/aromatic N) is 1. The van der Waals surface area contributed by atoms with Gasteiger partial charge in [-0.05, 0) is 5.56 Å². The molecule has 1 aromatic rings. The smallest absolute Gasteiger partial charge is 0.411 e. The van der Waals surface area contributed by atoms with Crippen molar-refractivity contribution in [1.82, 2.24) is 4.90 Å². The number of thioether (sulfide) groups is 1. The number of esters is 1. The highest BCUT2D eigenvalue weighted by Gasteiger charge is 2.49. The summed E-state index contributed by atoms with van der Waals surface area (Å²) in [6.07, 6.45) is -1.85. The second-order valence-electron chi connectivity index (χ2n) is 6.36. The first kappa shape index (κ1) is 16.7. The van der Waals surface area contributed by atoms with Crippen molar-refractivity contribution in [2.45, 2.75) is 38.8 Å². The molecule has 1 aliphatic rings. The van der Waals surface area contributed by atoms with Crippen LogP contribution in [0.25, 0.3) is 0 Å². The highest BCUT2D eigenvalue weighted by Crippen LogP contribution is 2.33. The van der Waals surface area contributed by atoms with Crippen LogP contribution in [0.5, 0.6) is 0 Å². The average Bonchev–Trinajstić information content (AvgIpc) is 2.77. The quantitative estimate of drug-likeness (QED) is 0.862. The van der Waals surface area contributed by atoms with Crippen molar-refractivity contribution in [3.63, 3.8) is 0 Å². The highest BCUT2D eigenvalue weighted by molar-refractivity contribution is 7.98. The first-order valence-corrected chi connectivity index (χ1v) is 8.29. The highest BCUT2D eigenvalue weighted by atomic mass is 32.2. The number of ether oxygens (including phenoxy) is 1. The third-order valence-electron chi connectivity index (χ3n) is 3.44. The Balaban J connectivity index is 2.02. The van der Waals surface area contributed by atoms with Crippen LogP contribution in [0, 0.1) is 5.41 Å². The molecule has 0 bridgehead atoms. The second kappa shape index (κ2) is 6.60. The Bertz CT molecular complexity index is 541. The molecule has 1 heterocycles. The van der Waals surface area contributed by atoms with Gasteiger partial charge in [-0.25, -0.2) is 9.59 Å². The van der Waals surface area contributed by atoms with Gasteiger partial charge in [-0.2, -0.15) is 11.8 Å². The summed E-state index contributed by atoms with van der Waals surface area (Å²) >= 11 is 1.54. The lowest BCUT2D eigenvalue weighted by Crippen LogP contribution is -2.48. The van der Waals surface area contributed by atoms with Crippen LogP contribution in [0.3, 0.4) is 0 Å². The first-order chi connectivity index (χ1) is 10.3. The summed E-state index contributed by atoms with van der Waals surface area (Å²) in [4.78, 5) is 24.7. The predicted octanol–water partition coefficient (Wildman–Crippen LogP) is 3.20. The number of hydrogen-bond acceptors (Lipinski definition) is 4. The van der Waals surface area contributed by atoms with E-state index in [1.54, 1.807) is 0 Å². The monoisotopic (exact) mass is 323 g/mol. The van der Waals surface area contributed by atoms with Gasteiger partial charge in [0.1, 0.15) is 6.04 Å². The van der Waals surface area contributed by atoms with Crippen molar-refractivity contribution in [2.75, 3.05) is 5.75 Å². The van der Waals surface area contributed by atoms with Crippen LogP contribution in [0.15, 0.2) is 30.3 Å². The number of amides is 1. The Hall–Kier alpha value is -1.69. The molecule has 1 amide bonds. The van der Waals surface area contributed by atoms with E-state index in [9.17, 15) is 14.7 Å². The maximum Gasteiger partial charge on any atom is 0.411 e. The first-order valence-electron chi connectivity index (χ1n) is 7.14. The Kier molecular flexibility index (Phi) is 5.01. The van der Waals surface area contributed by atoms with E-state index < -0.39 is 29.7 Å². The van der Waals surface area contributed by atoms with E-state index in [0.717, 1.165) is 16.2 Å². The van der Waals surface area contributed by atoms with Gasteiger partial charge < -0.3 is 9.84 Å². The van der Waals surface area contributed by atoms with Gasteiger partial charge in [0.2, 0.25) is 0 Å². The van der Waals surface area contributed by atoms with Gasteiger partial charge in [-0.15, -0.1) is 0 Å². The lowest BCUT2D eigenvalue weighted by Gasteiger charge is -2.32. The van der Waals surface area contributed by atoms with E-state index in [1.165, 1.54) is 11.8 Å². The molecule has 2 unspecified atom stereocenters. The van der Waals surface area contributed by atoms with Crippen LogP contribution in [0.2, 0.25) is 0 Å². The lowest BCUT2D eigenvalue weighted by molar-refractivity contribution is -0.147. The van der Waals surface area contributed by atoms with Crippen LogP contribution >= 0.6 is 11.8 Å². The topological polar surface area (TPSA) is 66.8 Å². The van der Waals surface area contributed by atoms with Gasteiger partial charge >= 0.3 is 12.1 Å². The molecule has 2 rings (SSSR count). The van der Waals surface area contributed by atoms with Crippen molar-refractivity contribution in [1.29, 1.82) is 0 Å². The largest absolute Gasteiger partial charge is 0.465 e. The fraction of sp³-hybridized carbons (Fsp3) is 0.500. The molecule has 1 aliphatic heterocycles. The van der Waals surface area contributed by atoms with Crippen LogP contribution in [0.1, 0.15) is 26.3 Å². The van der Waals surface area contributed by atoms with Gasteiger partial charge in [0.05, 0.1) is 0 Å². The number of benzene rings is 1. The molecule has 0 radical (unpaired) electrons. The summed E-state index contributed by atoms with van der Waals surface area (Å²) in [5.74, 6) is 0.674. The minimum atomic E-state index is -1.11. The Labute approximate surface area is 134 Å². The zero-order valence-corrected chi connectivity index (χ0v) is 13.8. The molecule has 0 spiro atoms. The van der Waals surface area contributed by atoms with Crippen LogP contribution < -0.4 is 0 Å². The third kappa shape index (κ3) is 3.74. The van der Waals surface area contributed by atoms with Gasteiger partial charge in [0.25, 0.3) is 0 Å². The number of hydrogen-bond donors (Lipinski definition) is 1. The normalized spacial score (nSPS) is 21.8. The van der Waals surface area contributed by atoms with Gasteiger partial charge in [0, 0.05) is 16.9 Å². The molecule has 1 aromatic carbocycles. The van der Waals surface area contributed by atoms with E-state index in [4.69, 9.17) is 4.74 Å². The van der Waals surface area contributed by atoms with Gasteiger partial charge in [-0.1, -0.05) is 51.1 Å². The molecule has 1 saturated heterocycles. The Morgan fingerprint density at radius 1 is 1.32 bits per heavy atom. The summed E-state index contributed by atoms with van der Waals surface area (Å²) < 4.78 is 5.31. The average molecular weight is 323 g/mol. The van der Waals surface area contributed by atoms with Gasteiger partial charge in [0.15, 0.2) is 6.23 Å². The Morgan fingerprint density at radius 2 is 1.95 bits per heavy atom. The Morgan fingerprint density at radius 3 is 2.50 bits per heavy atom. The molecule has 120 valence electrons. The lowest BCUT2D eigenvalue weighted by atomic mass is 9.93. The standard InChI is InChI=1S/C16H21NO4S/c1-16(2,3)14-17(15(19)20)12(13(18)21-14)10-22-9-11-7-5-4-6-8-11/h4-8,12,14H,9-10H2,1-3H3,(H,19,20). The third-order valence-corrected chi connectivity index (χ3v) is 4.53. The summed E-state index contributed by atoms with van der Waals surface area (Å²) in [5.41, 5.74) is 0.695. The van der Waals surface area contributed by atoms with E-state index in [2.05, 4.69) is 0 Å². The van der Waals surface area contributed by atoms with E-state index in [1.807, 2.05) is 51.1 Å². The summed E-state index contributed by atoms with van der Waals surface area (Å²) in [6, 6.07) is 9.13. The van der Waals surface area contributed by atoms with Gasteiger partial charge in [-0.3, -0.25) is 4.90 Å². The molecular weight excluding hydrogens is 302 g/mol. The minimum Gasteiger partial charge on any atom is -0.465 e. The number of carboxylic acid groups (broad SMARTS) is 1. The maximum atomic E-state index is 12.0. The zero-order chi connectivity index (χ0) is 16.3. The SMILES string of the molecule is CC(C)(C)C1OC(=O)C(CSCc2ccccc2)N1C(=O)O. The summed E-state index contributed by atoms with van der Waals surface area (Å²) in [7, 11) is 0. The molecule has 1 fully saturated rings. The van der Waals surface area contributed by atoms with Crippen molar-refractivity contribution >= 4 is 23.8 Å². The number of carbonyl (C=O) groups is 2. The molecule has 0 aliphatic carbocycles. The van der Waals surface area contributed by atoms with E-state index in [-0.39, 0.29) is 0 Å². The second-order valence-corrected chi connectivity index (χ2v) is 7.39. The molecule has 0 saturated carbocycles. The van der Waals surface area contributed by atoms with E-state index in [0.29, 0.717) is 5.75 Å².